The first kappa shape index (κ1) is 27.2. The number of aryl methyl sites for hydroxylation is 2. The zero-order valence-corrected chi connectivity index (χ0v) is 22.6. The number of aliphatic carboxylic acids is 1. The highest BCUT2D eigenvalue weighted by molar-refractivity contribution is 7.92. The highest BCUT2D eigenvalue weighted by Crippen LogP contribution is 2.41. The van der Waals surface area contributed by atoms with Crippen LogP contribution in [0.15, 0.2) is 30.3 Å². The summed E-state index contributed by atoms with van der Waals surface area (Å²) in [4.78, 5) is 12.5. The van der Waals surface area contributed by atoms with Crippen molar-refractivity contribution in [2.75, 3.05) is 10.5 Å². The number of hydrogen-bond acceptors (Lipinski definition) is 4. The fourth-order valence-corrected chi connectivity index (χ4v) is 6.52. The summed E-state index contributed by atoms with van der Waals surface area (Å²) < 4.78 is 35.0. The molecule has 0 spiro atoms. The van der Waals surface area contributed by atoms with Crippen LogP contribution in [0.25, 0.3) is 11.1 Å². The Morgan fingerprint density at radius 2 is 1.69 bits per heavy atom. The number of benzene rings is 2. The van der Waals surface area contributed by atoms with Crippen molar-refractivity contribution in [1.29, 1.82) is 0 Å². The van der Waals surface area contributed by atoms with Gasteiger partial charge in [0.15, 0.2) is 6.10 Å². The van der Waals surface area contributed by atoms with Gasteiger partial charge in [-0.05, 0) is 88.6 Å². The van der Waals surface area contributed by atoms with Gasteiger partial charge in [0, 0.05) is 5.56 Å². The Morgan fingerprint density at radius 3 is 2.23 bits per heavy atom. The van der Waals surface area contributed by atoms with Gasteiger partial charge >= 0.3 is 5.97 Å². The number of sulfonamides is 1. The quantitative estimate of drug-likeness (QED) is 0.428. The van der Waals surface area contributed by atoms with Crippen LogP contribution in [0.3, 0.4) is 0 Å². The summed E-state index contributed by atoms with van der Waals surface area (Å²) in [5, 5.41) is 10.2. The second kappa shape index (κ2) is 10.7. The van der Waals surface area contributed by atoms with E-state index in [1.165, 1.54) is 0 Å². The summed E-state index contributed by atoms with van der Waals surface area (Å²) in [5.74, 6) is -0.871. The minimum absolute atomic E-state index is 0.0847. The summed E-state index contributed by atoms with van der Waals surface area (Å²) in [7, 11) is -3.59. The van der Waals surface area contributed by atoms with Gasteiger partial charge in [-0.2, -0.15) is 0 Å². The Hall–Kier alpha value is -2.38. The SMILES string of the molecule is Cc1ccc(-c2c(C)cc(NS(=O)(=O)CC3CCCCC3)c(C)c2C(OC(C)(C)C)C(=O)O)cc1. The number of rotatable bonds is 8. The van der Waals surface area contributed by atoms with Crippen molar-refractivity contribution in [1.82, 2.24) is 0 Å². The minimum Gasteiger partial charge on any atom is -0.479 e. The molecule has 1 aliphatic rings. The number of nitrogens with one attached hydrogen (secondary N) is 1. The molecule has 35 heavy (non-hydrogen) atoms. The van der Waals surface area contributed by atoms with E-state index in [-0.39, 0.29) is 11.7 Å². The summed E-state index contributed by atoms with van der Waals surface area (Å²) >= 11 is 0. The fourth-order valence-electron chi connectivity index (χ4n) is 4.94. The Labute approximate surface area is 210 Å². The van der Waals surface area contributed by atoms with E-state index in [4.69, 9.17) is 4.74 Å². The molecule has 6 nitrogen and oxygen atoms in total. The predicted octanol–water partition coefficient (Wildman–Crippen LogP) is 6.54. The molecule has 7 heteroatoms. The van der Waals surface area contributed by atoms with E-state index in [2.05, 4.69) is 4.72 Å². The average Bonchev–Trinajstić information content (AvgIpc) is 2.74. The lowest BCUT2D eigenvalue weighted by Crippen LogP contribution is -2.29. The number of carboxylic acids is 1. The fraction of sp³-hybridized carbons (Fsp3) is 0.536. The molecule has 3 rings (SSSR count). The molecule has 1 fully saturated rings. The molecule has 1 aliphatic carbocycles. The van der Waals surface area contributed by atoms with E-state index < -0.39 is 27.7 Å². The monoisotopic (exact) mass is 501 g/mol. The van der Waals surface area contributed by atoms with E-state index in [1.807, 2.05) is 65.0 Å². The molecular weight excluding hydrogens is 462 g/mol. The largest absolute Gasteiger partial charge is 0.479 e. The molecule has 2 aromatic rings. The summed E-state index contributed by atoms with van der Waals surface area (Å²) in [5.41, 5.74) is 4.24. The normalized spacial score (nSPS) is 16.2. The summed E-state index contributed by atoms with van der Waals surface area (Å²) in [6.07, 6.45) is 3.90. The van der Waals surface area contributed by atoms with Crippen LogP contribution in [0, 0.1) is 26.7 Å². The van der Waals surface area contributed by atoms with E-state index in [9.17, 15) is 18.3 Å². The van der Waals surface area contributed by atoms with E-state index in [1.54, 1.807) is 6.92 Å². The van der Waals surface area contributed by atoms with E-state index >= 15 is 0 Å². The van der Waals surface area contributed by atoms with Crippen molar-refractivity contribution < 1.29 is 23.1 Å². The van der Waals surface area contributed by atoms with Crippen molar-refractivity contribution in [3.8, 4) is 11.1 Å². The lowest BCUT2D eigenvalue weighted by atomic mass is 9.87. The van der Waals surface area contributed by atoms with Crippen molar-refractivity contribution >= 4 is 21.7 Å². The lowest BCUT2D eigenvalue weighted by molar-refractivity contribution is -0.160. The topological polar surface area (TPSA) is 92.7 Å². The molecule has 0 heterocycles. The van der Waals surface area contributed by atoms with E-state index in [0.29, 0.717) is 16.8 Å². The zero-order valence-electron chi connectivity index (χ0n) is 21.8. The smallest absolute Gasteiger partial charge is 0.337 e. The van der Waals surface area contributed by atoms with Crippen LogP contribution in [0.4, 0.5) is 5.69 Å². The van der Waals surface area contributed by atoms with Crippen LogP contribution in [0.2, 0.25) is 0 Å². The standard InChI is InChI=1S/C28H39NO5S/c1-18-12-14-22(15-13-18)24-19(2)16-23(29-35(32,33)17-21-10-8-7-9-11-21)20(3)25(24)26(27(30)31)34-28(4,5)6/h12-16,21,26,29H,7-11,17H2,1-6H3,(H,30,31). The second-order valence-electron chi connectivity index (χ2n) is 10.9. The maximum atomic E-state index is 13.1. The molecular formula is C28H39NO5S. The number of hydrogen-bond donors (Lipinski definition) is 2. The number of carbonyl (C=O) groups is 1. The van der Waals surface area contributed by atoms with Gasteiger partial charge in [-0.3, -0.25) is 4.72 Å². The molecule has 1 saturated carbocycles. The molecule has 1 unspecified atom stereocenters. The first-order chi connectivity index (χ1) is 16.3. The third-order valence-corrected chi connectivity index (χ3v) is 8.02. The van der Waals surface area contributed by atoms with Crippen molar-refractivity contribution in [2.24, 2.45) is 5.92 Å². The lowest BCUT2D eigenvalue weighted by Gasteiger charge is -2.30. The highest BCUT2D eigenvalue weighted by Gasteiger charge is 2.33. The third kappa shape index (κ3) is 7.07. The van der Waals surface area contributed by atoms with Gasteiger partial charge in [0.25, 0.3) is 0 Å². The first-order valence-corrected chi connectivity index (χ1v) is 14.0. The highest BCUT2D eigenvalue weighted by atomic mass is 32.2. The Kier molecular flexibility index (Phi) is 8.32. The van der Waals surface area contributed by atoms with Crippen molar-refractivity contribution in [2.45, 2.75) is 85.4 Å². The molecule has 192 valence electrons. The van der Waals surface area contributed by atoms with Gasteiger partial charge in [0.05, 0.1) is 17.0 Å². The summed E-state index contributed by atoms with van der Waals surface area (Å²) in [6, 6.07) is 9.69. The Bertz CT molecular complexity index is 1160. The molecule has 1 atom stereocenters. The number of carboxylic acid groups (broad SMARTS) is 1. The van der Waals surface area contributed by atoms with Crippen molar-refractivity contribution in [3.05, 3.63) is 52.6 Å². The number of anilines is 1. The molecule has 0 aliphatic heterocycles. The molecule has 0 saturated heterocycles. The van der Waals surface area contributed by atoms with Crippen LogP contribution in [-0.2, 0) is 19.6 Å². The second-order valence-corrected chi connectivity index (χ2v) is 12.6. The van der Waals surface area contributed by atoms with Gasteiger partial charge in [0.1, 0.15) is 0 Å². The van der Waals surface area contributed by atoms with Crippen LogP contribution in [0.5, 0.6) is 0 Å². The molecule has 0 amide bonds. The maximum absolute atomic E-state index is 13.1. The Balaban J connectivity index is 2.13. The molecule has 0 bridgehead atoms. The number of ether oxygens (including phenoxy) is 1. The van der Waals surface area contributed by atoms with Crippen LogP contribution < -0.4 is 4.72 Å². The van der Waals surface area contributed by atoms with Crippen molar-refractivity contribution in [3.63, 3.8) is 0 Å². The molecule has 0 radical (unpaired) electrons. The zero-order chi connectivity index (χ0) is 26.0. The van der Waals surface area contributed by atoms with Crippen LogP contribution >= 0.6 is 0 Å². The summed E-state index contributed by atoms with van der Waals surface area (Å²) in [6.45, 7) is 11.1. The van der Waals surface area contributed by atoms with Gasteiger partial charge in [0.2, 0.25) is 10.0 Å². The van der Waals surface area contributed by atoms with E-state index in [0.717, 1.165) is 54.4 Å². The van der Waals surface area contributed by atoms with Gasteiger partial charge in [-0.25, -0.2) is 13.2 Å². The minimum atomic E-state index is -3.59. The van der Waals surface area contributed by atoms with Crippen LogP contribution in [-0.4, -0.2) is 30.8 Å². The third-order valence-electron chi connectivity index (χ3n) is 6.58. The van der Waals surface area contributed by atoms with Gasteiger partial charge in [-0.15, -0.1) is 0 Å². The molecule has 2 N–H and O–H groups in total. The van der Waals surface area contributed by atoms with Gasteiger partial charge in [-0.1, -0.05) is 49.1 Å². The van der Waals surface area contributed by atoms with Crippen LogP contribution in [0.1, 0.15) is 81.2 Å². The maximum Gasteiger partial charge on any atom is 0.337 e. The van der Waals surface area contributed by atoms with Gasteiger partial charge < -0.3 is 9.84 Å². The average molecular weight is 502 g/mol. The Morgan fingerprint density at radius 1 is 1.09 bits per heavy atom. The molecule has 2 aromatic carbocycles. The predicted molar refractivity (Wildman–Crippen MR) is 141 cm³/mol. The molecule has 0 aromatic heterocycles. The first-order valence-electron chi connectivity index (χ1n) is 12.4.